The average molecular weight is 649 g/mol. The summed E-state index contributed by atoms with van der Waals surface area (Å²) < 4.78 is 0. The molecule has 1 unspecified atom stereocenters. The van der Waals surface area contributed by atoms with Gasteiger partial charge in [0.05, 0.1) is 5.60 Å². The molecule has 0 radical (unpaired) electrons. The van der Waals surface area contributed by atoms with Crippen molar-refractivity contribution in [3.8, 4) is 23.0 Å². The van der Waals surface area contributed by atoms with Gasteiger partial charge in [0, 0.05) is 11.6 Å². The van der Waals surface area contributed by atoms with Crippen molar-refractivity contribution in [3.63, 3.8) is 0 Å². The van der Waals surface area contributed by atoms with Gasteiger partial charge in [-0.3, -0.25) is 0 Å². The molecule has 2 aromatic rings. The van der Waals surface area contributed by atoms with Gasteiger partial charge in [0.25, 0.3) is 0 Å². The largest absolute Gasteiger partial charge is 0.508 e. The van der Waals surface area contributed by atoms with Gasteiger partial charge in [-0.2, -0.15) is 0 Å². The van der Waals surface area contributed by atoms with E-state index in [1.54, 1.807) is 24.3 Å². The zero-order valence-corrected chi connectivity index (χ0v) is 30.2. The van der Waals surface area contributed by atoms with Crippen LogP contribution in [-0.4, -0.2) is 31.1 Å². The van der Waals surface area contributed by atoms with Gasteiger partial charge in [-0.15, -0.1) is 6.58 Å². The predicted molar refractivity (Wildman–Crippen MR) is 199 cm³/mol. The third kappa shape index (κ3) is 18.5. The molecule has 0 heterocycles. The number of aryl methyl sites for hydroxylation is 2. The molecule has 0 aromatic heterocycles. The van der Waals surface area contributed by atoms with E-state index in [2.05, 4.69) is 53.0 Å². The van der Waals surface area contributed by atoms with E-state index in [4.69, 9.17) is 0 Å². The highest BCUT2D eigenvalue weighted by atomic mass is 16.3. The molecule has 0 fully saturated rings. The number of phenolic OH excluding ortho intramolecular Hbond substituents is 4. The first-order valence-electron chi connectivity index (χ1n) is 17.6. The number of unbranched alkanes of at least 4 members (excludes halogenated alkanes) is 4. The molecule has 0 aliphatic heterocycles. The summed E-state index contributed by atoms with van der Waals surface area (Å²) in [6, 6.07) is 8.36. The quantitative estimate of drug-likeness (QED) is 0.0977. The molecule has 2 aromatic carbocycles. The normalized spacial score (nSPS) is 17.3. The lowest BCUT2D eigenvalue weighted by atomic mass is 9.84. The summed E-state index contributed by atoms with van der Waals surface area (Å²) in [6.45, 7) is 20.2. The molecule has 5 heteroatoms. The van der Waals surface area contributed by atoms with Crippen LogP contribution < -0.4 is 0 Å². The maximum atomic E-state index is 10.2. The fraction of sp³-hybridized carbons (Fsp3) is 0.524. The van der Waals surface area contributed by atoms with Crippen LogP contribution in [0.3, 0.4) is 0 Å². The van der Waals surface area contributed by atoms with Crippen molar-refractivity contribution in [1.29, 1.82) is 0 Å². The number of rotatable bonds is 15. The van der Waals surface area contributed by atoms with Crippen molar-refractivity contribution in [2.45, 2.75) is 137 Å². The first-order valence-corrected chi connectivity index (χ1v) is 17.6. The van der Waals surface area contributed by atoms with Crippen LogP contribution in [0.1, 0.15) is 129 Å². The minimum absolute atomic E-state index is 0.145. The monoisotopic (exact) mass is 648 g/mol. The average Bonchev–Trinajstić information content (AvgIpc) is 2.97. The fourth-order valence-corrected chi connectivity index (χ4v) is 5.42. The standard InChI is InChI=1S/C21H32O2.C11H16O2.C10H16O/c1-5-6-7-11-18-14-20(22)19(21(23)15-18)13-12-17(4)10-8-9-16(2)3;1-2-3-4-5-9-6-10(12)8-11(13)7-9;1-8(2)9-4-6-10(3,11)7-5-9/h12,14-15,22-23H,2,5-11,13H2,1,3-4H3;6-8,12-13H,2-5H2,1H3;4,6,9,11H,1,5,7H2,2-3H3/b17-12-;;/t;;9-,10?/m..0/s1. The third-order valence-electron chi connectivity index (χ3n) is 8.47. The molecule has 0 spiro atoms. The lowest BCUT2D eigenvalue weighted by Crippen LogP contribution is -2.25. The summed E-state index contributed by atoms with van der Waals surface area (Å²) in [5.41, 5.74) is 5.76. The maximum Gasteiger partial charge on any atom is 0.123 e. The number of allylic oxidation sites excluding steroid dienone is 5. The number of aromatic hydroxyl groups is 4. The van der Waals surface area contributed by atoms with Crippen molar-refractivity contribution in [2.24, 2.45) is 5.92 Å². The number of hydrogen-bond donors (Lipinski definition) is 5. The van der Waals surface area contributed by atoms with E-state index in [-0.39, 0.29) is 23.0 Å². The van der Waals surface area contributed by atoms with Crippen LogP contribution in [0.15, 0.2) is 78.4 Å². The van der Waals surface area contributed by atoms with E-state index in [0.717, 1.165) is 68.9 Å². The topological polar surface area (TPSA) is 101 Å². The van der Waals surface area contributed by atoms with Gasteiger partial charge in [-0.25, -0.2) is 0 Å². The lowest BCUT2D eigenvalue weighted by molar-refractivity contribution is 0.0903. The first kappa shape index (κ1) is 41.6. The van der Waals surface area contributed by atoms with Crippen molar-refractivity contribution in [1.82, 2.24) is 0 Å². The van der Waals surface area contributed by atoms with E-state index < -0.39 is 5.60 Å². The SMILES string of the molecule is C=C(C)CCC/C(C)=C\Cc1c(O)cc(CCCCC)cc1O.C=C(C)[C@H]1C=CC(C)(O)CC1.CCCCCc1cc(O)cc(O)c1. The molecule has 0 saturated heterocycles. The van der Waals surface area contributed by atoms with Crippen molar-refractivity contribution in [3.05, 3.63) is 95.1 Å². The molecule has 0 saturated carbocycles. The number of benzene rings is 2. The van der Waals surface area contributed by atoms with E-state index >= 15 is 0 Å². The molecule has 2 atom stereocenters. The molecular weight excluding hydrogens is 584 g/mol. The van der Waals surface area contributed by atoms with Gasteiger partial charge in [-0.1, -0.05) is 81.1 Å². The van der Waals surface area contributed by atoms with Crippen molar-refractivity contribution in [2.75, 3.05) is 0 Å². The van der Waals surface area contributed by atoms with E-state index in [1.807, 2.05) is 19.9 Å². The van der Waals surface area contributed by atoms with Gasteiger partial charge in [0.1, 0.15) is 23.0 Å². The summed E-state index contributed by atoms with van der Waals surface area (Å²) in [5.74, 6) is 1.19. The Morgan fingerprint density at radius 3 is 1.77 bits per heavy atom. The van der Waals surface area contributed by atoms with Crippen LogP contribution in [-0.2, 0) is 19.3 Å². The molecule has 262 valence electrons. The predicted octanol–water partition coefficient (Wildman–Crippen LogP) is 11.2. The van der Waals surface area contributed by atoms with Gasteiger partial charge in [0.2, 0.25) is 0 Å². The molecule has 1 aliphatic rings. The summed E-state index contributed by atoms with van der Waals surface area (Å²) in [6.07, 6.45) is 20.4. The second-order valence-electron chi connectivity index (χ2n) is 13.7. The Bertz CT molecular complexity index is 1260. The van der Waals surface area contributed by atoms with E-state index in [1.165, 1.54) is 48.5 Å². The molecule has 5 N–H and O–H groups in total. The van der Waals surface area contributed by atoms with Crippen LogP contribution in [0.25, 0.3) is 0 Å². The van der Waals surface area contributed by atoms with E-state index in [9.17, 15) is 25.5 Å². The first-order chi connectivity index (χ1) is 22.2. The Morgan fingerprint density at radius 2 is 1.32 bits per heavy atom. The smallest absolute Gasteiger partial charge is 0.123 e. The minimum Gasteiger partial charge on any atom is -0.508 e. The highest BCUT2D eigenvalue weighted by Gasteiger charge is 2.23. The summed E-state index contributed by atoms with van der Waals surface area (Å²) >= 11 is 0. The molecule has 0 amide bonds. The Morgan fingerprint density at radius 1 is 0.787 bits per heavy atom. The van der Waals surface area contributed by atoms with Crippen molar-refractivity contribution < 1.29 is 25.5 Å². The Kier molecular flexibility index (Phi) is 19.6. The summed E-state index contributed by atoms with van der Waals surface area (Å²) in [7, 11) is 0. The third-order valence-corrected chi connectivity index (χ3v) is 8.47. The van der Waals surface area contributed by atoms with Gasteiger partial charge in [0.15, 0.2) is 0 Å². The lowest BCUT2D eigenvalue weighted by Gasteiger charge is -2.27. The van der Waals surface area contributed by atoms with Crippen LogP contribution >= 0.6 is 0 Å². The number of aliphatic hydroxyl groups is 1. The Balaban J connectivity index is 0.000000387. The van der Waals surface area contributed by atoms with E-state index in [0.29, 0.717) is 17.9 Å². The second kappa shape index (κ2) is 22.2. The summed E-state index contributed by atoms with van der Waals surface area (Å²) in [4.78, 5) is 0. The number of phenols is 4. The molecule has 1 aliphatic carbocycles. The maximum absolute atomic E-state index is 10.2. The second-order valence-corrected chi connectivity index (χ2v) is 13.7. The highest BCUT2D eigenvalue weighted by Crippen LogP contribution is 2.31. The van der Waals surface area contributed by atoms with Gasteiger partial charge in [-0.05, 0) is 133 Å². The molecule has 0 bridgehead atoms. The molecule has 47 heavy (non-hydrogen) atoms. The molecule has 3 rings (SSSR count). The zero-order chi connectivity index (χ0) is 35.4. The van der Waals surface area contributed by atoms with Gasteiger partial charge < -0.3 is 25.5 Å². The number of hydrogen-bond acceptors (Lipinski definition) is 5. The van der Waals surface area contributed by atoms with Crippen LogP contribution in [0.2, 0.25) is 0 Å². The molecular formula is C42H64O5. The minimum atomic E-state index is -0.577. The molecule has 5 nitrogen and oxygen atoms in total. The van der Waals surface area contributed by atoms with Crippen LogP contribution in [0.4, 0.5) is 0 Å². The van der Waals surface area contributed by atoms with Crippen LogP contribution in [0, 0.1) is 5.92 Å². The van der Waals surface area contributed by atoms with Crippen LogP contribution in [0.5, 0.6) is 23.0 Å². The fourth-order valence-electron chi connectivity index (χ4n) is 5.42. The Hall–Kier alpha value is -3.44. The highest BCUT2D eigenvalue weighted by molar-refractivity contribution is 5.47. The summed E-state index contributed by atoms with van der Waals surface area (Å²) in [5, 5.41) is 48.3. The van der Waals surface area contributed by atoms with Crippen molar-refractivity contribution >= 4 is 0 Å². The Labute approximate surface area is 286 Å². The van der Waals surface area contributed by atoms with Gasteiger partial charge >= 0.3 is 0 Å². The zero-order valence-electron chi connectivity index (χ0n) is 30.2.